The van der Waals surface area contributed by atoms with Gasteiger partial charge in [0.1, 0.15) is 23.9 Å². The van der Waals surface area contributed by atoms with Crippen molar-refractivity contribution < 1.29 is 29.3 Å². The van der Waals surface area contributed by atoms with E-state index >= 15 is 0 Å². The van der Waals surface area contributed by atoms with Gasteiger partial charge in [0.15, 0.2) is 5.78 Å². The zero-order valence-electron chi connectivity index (χ0n) is 15.7. The lowest BCUT2D eigenvalue weighted by Crippen LogP contribution is -2.48. The first-order valence-corrected chi connectivity index (χ1v) is 8.56. The molecule has 0 amide bonds. The summed E-state index contributed by atoms with van der Waals surface area (Å²) < 4.78 is 10.2. The van der Waals surface area contributed by atoms with Gasteiger partial charge in [-0.2, -0.15) is 0 Å². The molecule has 1 heterocycles. The van der Waals surface area contributed by atoms with E-state index in [0.717, 1.165) is 0 Å². The van der Waals surface area contributed by atoms with Crippen LogP contribution in [-0.4, -0.2) is 59.2 Å². The molecule has 4 atom stereocenters. The van der Waals surface area contributed by atoms with Crippen LogP contribution in [-0.2, 0) is 4.74 Å². The quantitative estimate of drug-likeness (QED) is 0.392. The molecule has 0 radical (unpaired) electrons. The minimum Gasteiger partial charge on any atom is -0.422 e. The second-order valence-electron chi connectivity index (χ2n) is 6.53. The minimum absolute atomic E-state index is 0.229. The summed E-state index contributed by atoms with van der Waals surface area (Å²) in [5.41, 5.74) is 0.771. The monoisotopic (exact) mass is 379 g/mol. The van der Waals surface area contributed by atoms with Crippen LogP contribution in [0.2, 0.25) is 0 Å². The van der Waals surface area contributed by atoms with Gasteiger partial charge in [-0.15, -0.1) is 0 Å². The maximum Gasteiger partial charge on any atom is 0.339 e. The molecule has 0 fully saturated rings. The number of carbonyl (C=O) groups excluding carboxylic acids is 1. The number of ketones is 1. The molecule has 4 N–H and O–H groups in total. The molecular formula is C19H25NO7. The van der Waals surface area contributed by atoms with E-state index in [1.807, 2.05) is 0 Å². The average molecular weight is 379 g/mol. The molecule has 0 aliphatic heterocycles. The molecule has 8 nitrogen and oxygen atoms in total. The van der Waals surface area contributed by atoms with Crippen LogP contribution in [0.15, 0.2) is 27.4 Å². The van der Waals surface area contributed by atoms with Gasteiger partial charge in [-0.05, 0) is 32.9 Å². The van der Waals surface area contributed by atoms with E-state index in [9.17, 15) is 19.8 Å². The van der Waals surface area contributed by atoms with Crippen LogP contribution in [0.1, 0.15) is 29.8 Å². The molecule has 3 unspecified atom stereocenters. The number of hydrogen-bond acceptors (Lipinski definition) is 8. The number of aliphatic hydroxyl groups excluding tert-OH is 3. The Kier molecular flexibility index (Phi) is 6.72. The van der Waals surface area contributed by atoms with Crippen LogP contribution in [0.3, 0.4) is 0 Å². The van der Waals surface area contributed by atoms with Crippen molar-refractivity contribution in [2.24, 2.45) is 0 Å². The van der Waals surface area contributed by atoms with Gasteiger partial charge >= 0.3 is 5.63 Å². The van der Waals surface area contributed by atoms with E-state index in [0.29, 0.717) is 16.6 Å². The summed E-state index contributed by atoms with van der Waals surface area (Å²) in [6, 6.07) is 4.29. The minimum atomic E-state index is -1.30. The number of anilines is 1. The van der Waals surface area contributed by atoms with Crippen molar-refractivity contribution in [3.63, 3.8) is 0 Å². The summed E-state index contributed by atoms with van der Waals surface area (Å²) in [6.45, 7) is 4.15. The topological polar surface area (TPSA) is 129 Å². The normalized spacial score (nSPS) is 16.0. The fourth-order valence-corrected chi connectivity index (χ4v) is 3.02. The highest BCUT2D eigenvalue weighted by Gasteiger charge is 2.30. The predicted octanol–water partition coefficient (Wildman–Crippen LogP) is 0.834. The van der Waals surface area contributed by atoms with Crippen molar-refractivity contribution in [3.05, 3.63) is 39.7 Å². The molecule has 0 aliphatic rings. The third kappa shape index (κ3) is 4.36. The molecule has 148 valence electrons. The van der Waals surface area contributed by atoms with Crippen molar-refractivity contribution in [2.45, 2.75) is 45.1 Å². The summed E-state index contributed by atoms with van der Waals surface area (Å²) in [4.78, 5) is 23.9. The number of ether oxygens (including phenoxy) is 1. The molecule has 0 saturated carbocycles. The lowest BCUT2D eigenvalue weighted by molar-refractivity contribution is -0.0953. The highest BCUT2D eigenvalue weighted by molar-refractivity contribution is 6.07. The number of nitrogens with one attached hydrogen (secondary N) is 1. The van der Waals surface area contributed by atoms with Gasteiger partial charge in [0.2, 0.25) is 0 Å². The summed E-state index contributed by atoms with van der Waals surface area (Å²) in [5, 5.41) is 33.1. The Morgan fingerprint density at radius 3 is 2.52 bits per heavy atom. The number of rotatable bonds is 8. The van der Waals surface area contributed by atoms with Crippen LogP contribution >= 0.6 is 0 Å². The van der Waals surface area contributed by atoms with Crippen molar-refractivity contribution in [3.8, 4) is 0 Å². The van der Waals surface area contributed by atoms with E-state index in [4.69, 9.17) is 14.3 Å². The number of hydrogen-bond donors (Lipinski definition) is 4. The first-order chi connectivity index (χ1) is 12.7. The van der Waals surface area contributed by atoms with Crippen molar-refractivity contribution >= 4 is 22.4 Å². The Bertz CT molecular complexity index is 872. The number of fused-ring (bicyclic) bond motifs is 1. The van der Waals surface area contributed by atoms with Crippen molar-refractivity contribution in [2.75, 3.05) is 19.0 Å². The molecule has 0 saturated heterocycles. The standard InChI is InChI=1S/C19H25NO7/c1-9-16(11(3)22)13-6-5-12(7-14(13)27-19(9)25)20-10(2)17(23)18(24)15(8-21)26-4/h5-7,10,15,17-18,20-21,23-24H,8H2,1-4H3/t10-,15?,17?,18?/m1/s1. The van der Waals surface area contributed by atoms with Gasteiger partial charge in [-0.3, -0.25) is 4.79 Å². The van der Waals surface area contributed by atoms with E-state index in [-0.39, 0.29) is 16.9 Å². The van der Waals surface area contributed by atoms with Gasteiger partial charge in [0, 0.05) is 35.4 Å². The highest BCUT2D eigenvalue weighted by Crippen LogP contribution is 2.24. The molecule has 0 aliphatic carbocycles. The van der Waals surface area contributed by atoms with E-state index in [1.54, 1.807) is 32.0 Å². The zero-order chi connectivity index (χ0) is 20.3. The molecule has 0 bridgehead atoms. The first kappa shape index (κ1) is 21.0. The summed E-state index contributed by atoms with van der Waals surface area (Å²) in [7, 11) is 1.33. The lowest BCUT2D eigenvalue weighted by Gasteiger charge is -2.29. The van der Waals surface area contributed by atoms with Crippen LogP contribution < -0.4 is 10.9 Å². The lowest BCUT2D eigenvalue weighted by atomic mass is 10.0. The molecule has 2 rings (SSSR count). The Balaban J connectivity index is 2.31. The molecule has 0 spiro atoms. The van der Waals surface area contributed by atoms with Crippen LogP contribution in [0.25, 0.3) is 11.0 Å². The largest absolute Gasteiger partial charge is 0.422 e. The van der Waals surface area contributed by atoms with Crippen molar-refractivity contribution in [1.29, 1.82) is 0 Å². The second-order valence-corrected chi connectivity index (χ2v) is 6.53. The zero-order valence-corrected chi connectivity index (χ0v) is 15.7. The smallest absolute Gasteiger partial charge is 0.339 e. The SMILES string of the molecule is COC(CO)C(O)C(O)[C@@H](C)Nc1ccc2c(C(C)=O)c(C)c(=O)oc2c1. The van der Waals surface area contributed by atoms with Crippen LogP contribution in [0.5, 0.6) is 0 Å². The Morgan fingerprint density at radius 1 is 1.30 bits per heavy atom. The Morgan fingerprint density at radius 2 is 1.96 bits per heavy atom. The van der Waals surface area contributed by atoms with Crippen molar-refractivity contribution in [1.82, 2.24) is 0 Å². The number of Topliss-reactive ketones (excluding diaryl/α,β-unsaturated/α-hetero) is 1. The maximum atomic E-state index is 12.0. The number of benzene rings is 1. The molecular weight excluding hydrogens is 354 g/mol. The highest BCUT2D eigenvalue weighted by atomic mass is 16.5. The number of aliphatic hydroxyl groups is 3. The van der Waals surface area contributed by atoms with Gasteiger partial charge in [-0.1, -0.05) is 0 Å². The molecule has 1 aromatic carbocycles. The van der Waals surface area contributed by atoms with Crippen LogP contribution in [0, 0.1) is 6.92 Å². The van der Waals surface area contributed by atoms with Gasteiger partial charge < -0.3 is 29.8 Å². The molecule has 27 heavy (non-hydrogen) atoms. The first-order valence-electron chi connectivity index (χ1n) is 8.56. The van der Waals surface area contributed by atoms with Gasteiger partial charge in [0.25, 0.3) is 0 Å². The second kappa shape index (κ2) is 8.62. The molecule has 2 aromatic rings. The van der Waals surface area contributed by atoms with Crippen LogP contribution in [0.4, 0.5) is 5.69 Å². The van der Waals surface area contributed by atoms with E-state index in [2.05, 4.69) is 5.32 Å². The van der Waals surface area contributed by atoms with Gasteiger partial charge in [0.05, 0.1) is 12.6 Å². The summed E-state index contributed by atoms with van der Waals surface area (Å²) >= 11 is 0. The molecule has 8 heteroatoms. The third-order valence-corrected chi connectivity index (χ3v) is 4.61. The average Bonchev–Trinajstić information content (AvgIpc) is 2.62. The Labute approximate surface area is 156 Å². The van der Waals surface area contributed by atoms with Gasteiger partial charge in [-0.25, -0.2) is 4.79 Å². The summed E-state index contributed by atoms with van der Waals surface area (Å²) in [6.07, 6.45) is -3.44. The fraction of sp³-hybridized carbons (Fsp3) is 0.474. The fourth-order valence-electron chi connectivity index (χ4n) is 3.02. The van der Waals surface area contributed by atoms with E-state index < -0.39 is 36.6 Å². The number of methoxy groups -OCH3 is 1. The molecule has 1 aromatic heterocycles. The predicted molar refractivity (Wildman–Crippen MR) is 100 cm³/mol. The number of carbonyl (C=O) groups is 1. The van der Waals surface area contributed by atoms with E-state index in [1.165, 1.54) is 14.0 Å². The third-order valence-electron chi connectivity index (χ3n) is 4.61. The Hall–Kier alpha value is -2.26. The summed E-state index contributed by atoms with van der Waals surface area (Å²) in [5.74, 6) is -0.229. The maximum absolute atomic E-state index is 12.0.